The van der Waals surface area contributed by atoms with Gasteiger partial charge in [-0.2, -0.15) is 0 Å². The van der Waals surface area contributed by atoms with E-state index in [4.69, 9.17) is 4.74 Å². The molecular weight excluding hydrogens is 444 g/mol. The van der Waals surface area contributed by atoms with Crippen molar-refractivity contribution in [3.05, 3.63) is 47.8 Å². The Morgan fingerprint density at radius 2 is 1.91 bits per heavy atom. The number of allylic oxidation sites excluding steroid dienone is 1. The first-order chi connectivity index (χ1) is 16.8. The summed E-state index contributed by atoms with van der Waals surface area (Å²) >= 11 is 0. The number of nitrogens with one attached hydrogen (secondary N) is 1. The fourth-order valence-corrected chi connectivity index (χ4v) is 5.46. The van der Waals surface area contributed by atoms with Crippen molar-refractivity contribution >= 4 is 25.0 Å². The summed E-state index contributed by atoms with van der Waals surface area (Å²) in [6, 6.07) is 10.5. The van der Waals surface area contributed by atoms with Crippen molar-refractivity contribution in [2.45, 2.75) is 43.7 Å². The van der Waals surface area contributed by atoms with Crippen molar-refractivity contribution in [1.82, 2.24) is 20.0 Å². The smallest absolute Gasteiger partial charge is 0.321 e. The van der Waals surface area contributed by atoms with E-state index in [2.05, 4.69) is 65.3 Å². The van der Waals surface area contributed by atoms with E-state index in [1.807, 2.05) is 11.0 Å². The molecule has 1 spiro atoms. The molecule has 2 aliphatic rings. The lowest BCUT2D eigenvalue weighted by Gasteiger charge is -2.51. The fourth-order valence-electron chi connectivity index (χ4n) is 5.46. The summed E-state index contributed by atoms with van der Waals surface area (Å²) in [6.45, 7) is 6.56. The summed E-state index contributed by atoms with van der Waals surface area (Å²) in [6.07, 6.45) is 6.49. The van der Waals surface area contributed by atoms with Gasteiger partial charge in [-0.05, 0) is 65.1 Å². The molecule has 0 unspecified atom stereocenters. The zero-order chi connectivity index (χ0) is 25.5. The highest BCUT2D eigenvalue weighted by Crippen LogP contribution is 2.48. The predicted octanol–water partition coefficient (Wildman–Crippen LogP) is 2.85. The van der Waals surface area contributed by atoms with Gasteiger partial charge >= 0.3 is 6.03 Å². The number of aliphatic imine (C=N–C) groups is 2. The SMILES string of the molecule is C=NC=N/C(=C\C)NC(=O)CN1CC2(CCC(c3ccccc3)(N(C)C)CC2)N(CCOC)C1=O. The topological polar surface area (TPSA) is 89.8 Å². The molecule has 1 aliphatic heterocycles. The molecule has 0 aromatic heterocycles. The van der Waals surface area contributed by atoms with Crippen molar-refractivity contribution in [1.29, 1.82) is 0 Å². The molecule has 1 aliphatic carbocycles. The van der Waals surface area contributed by atoms with Crippen LogP contribution < -0.4 is 5.32 Å². The third-order valence-electron chi connectivity index (χ3n) is 7.41. The third-order valence-corrected chi connectivity index (χ3v) is 7.41. The molecule has 1 aromatic carbocycles. The zero-order valence-corrected chi connectivity index (χ0v) is 21.4. The Morgan fingerprint density at radius 1 is 1.23 bits per heavy atom. The number of nitrogens with zero attached hydrogens (tertiary/aromatic N) is 5. The van der Waals surface area contributed by atoms with Gasteiger partial charge in [0.05, 0.1) is 12.1 Å². The van der Waals surface area contributed by atoms with Crippen LogP contribution in [0, 0.1) is 0 Å². The summed E-state index contributed by atoms with van der Waals surface area (Å²) in [5.74, 6) is 0.0791. The number of carbonyl (C=O) groups excluding carboxylic acids is 2. The number of methoxy groups -OCH3 is 1. The van der Waals surface area contributed by atoms with Crippen molar-refractivity contribution < 1.29 is 14.3 Å². The summed E-state index contributed by atoms with van der Waals surface area (Å²) in [5, 5.41) is 2.74. The Labute approximate surface area is 208 Å². The van der Waals surface area contributed by atoms with Crippen molar-refractivity contribution in [2.75, 3.05) is 47.4 Å². The van der Waals surface area contributed by atoms with Crippen LogP contribution in [0.3, 0.4) is 0 Å². The van der Waals surface area contributed by atoms with Crippen LogP contribution in [0.25, 0.3) is 0 Å². The first-order valence-corrected chi connectivity index (χ1v) is 12.0. The van der Waals surface area contributed by atoms with E-state index >= 15 is 0 Å². The second-order valence-electron chi connectivity index (χ2n) is 9.45. The molecule has 0 atom stereocenters. The summed E-state index contributed by atoms with van der Waals surface area (Å²) in [7, 11) is 5.91. The van der Waals surface area contributed by atoms with Gasteiger partial charge in [0.2, 0.25) is 5.91 Å². The Kier molecular flexibility index (Phi) is 8.80. The van der Waals surface area contributed by atoms with Gasteiger partial charge in [0.1, 0.15) is 18.7 Å². The maximum Gasteiger partial charge on any atom is 0.321 e. The number of benzene rings is 1. The molecule has 190 valence electrons. The quantitative estimate of drug-likeness (QED) is 0.410. The van der Waals surface area contributed by atoms with Gasteiger partial charge < -0.3 is 19.9 Å². The average molecular weight is 483 g/mol. The molecule has 35 heavy (non-hydrogen) atoms. The van der Waals surface area contributed by atoms with E-state index in [0.29, 0.717) is 25.5 Å². The lowest BCUT2D eigenvalue weighted by Crippen LogP contribution is -2.56. The van der Waals surface area contributed by atoms with E-state index in [1.54, 1.807) is 25.0 Å². The molecule has 1 heterocycles. The van der Waals surface area contributed by atoms with E-state index in [0.717, 1.165) is 25.7 Å². The average Bonchev–Trinajstić information content (AvgIpc) is 3.11. The Bertz CT molecular complexity index is 951. The van der Waals surface area contributed by atoms with Crippen molar-refractivity contribution in [2.24, 2.45) is 9.98 Å². The first kappa shape index (κ1) is 26.6. The van der Waals surface area contributed by atoms with Crippen LogP contribution in [-0.4, -0.2) is 92.7 Å². The van der Waals surface area contributed by atoms with Gasteiger partial charge in [0.15, 0.2) is 0 Å². The number of hydrogen-bond acceptors (Lipinski definition) is 5. The van der Waals surface area contributed by atoms with Crippen LogP contribution in [0.5, 0.6) is 0 Å². The lowest BCUT2D eigenvalue weighted by atomic mass is 9.68. The Morgan fingerprint density at radius 3 is 2.49 bits per heavy atom. The Hall–Kier alpha value is -3.04. The highest BCUT2D eigenvalue weighted by atomic mass is 16.5. The van der Waals surface area contributed by atoms with E-state index in [1.165, 1.54) is 11.9 Å². The molecule has 1 aromatic rings. The highest BCUT2D eigenvalue weighted by Gasteiger charge is 2.54. The number of carbonyl (C=O) groups is 2. The predicted molar refractivity (Wildman–Crippen MR) is 138 cm³/mol. The molecule has 9 heteroatoms. The minimum absolute atomic E-state index is 0.0318. The number of urea groups is 1. The largest absolute Gasteiger partial charge is 0.383 e. The standard InChI is InChI=1S/C26H38N6O3/c1-6-22(28-20-27-2)29-23(33)18-31-19-25(32(24(31)34)16-17-35-5)12-14-26(15-13-25,30(3)4)21-10-8-7-9-11-21/h6-11,20H,2,12-19H2,1,3-5H3,(H,29,33)/b22-6+,28-20?. The molecule has 2 fully saturated rings. The maximum absolute atomic E-state index is 13.5. The van der Waals surface area contributed by atoms with Gasteiger partial charge in [0, 0.05) is 25.7 Å². The minimum Gasteiger partial charge on any atom is -0.383 e. The Balaban J connectivity index is 1.78. The second kappa shape index (κ2) is 11.6. The number of amides is 3. The molecule has 1 saturated heterocycles. The summed E-state index contributed by atoms with van der Waals surface area (Å²) < 4.78 is 5.32. The normalized spacial score (nSPS) is 25.2. The van der Waals surface area contributed by atoms with Gasteiger partial charge in [-0.1, -0.05) is 30.3 Å². The molecule has 0 radical (unpaired) electrons. The zero-order valence-electron chi connectivity index (χ0n) is 21.4. The number of hydrogen-bond donors (Lipinski definition) is 1. The molecule has 3 rings (SSSR count). The number of rotatable bonds is 10. The summed E-state index contributed by atoms with van der Waals surface area (Å²) in [5.41, 5.74) is 0.904. The van der Waals surface area contributed by atoms with Crippen molar-refractivity contribution in [3.63, 3.8) is 0 Å². The van der Waals surface area contributed by atoms with E-state index < -0.39 is 0 Å². The second-order valence-corrected chi connectivity index (χ2v) is 9.45. The van der Waals surface area contributed by atoms with Crippen LogP contribution in [0.2, 0.25) is 0 Å². The fraction of sp³-hybridized carbons (Fsp3) is 0.538. The number of ether oxygens (including phenoxy) is 1. The van der Waals surface area contributed by atoms with Crippen molar-refractivity contribution in [3.8, 4) is 0 Å². The first-order valence-electron chi connectivity index (χ1n) is 12.0. The highest BCUT2D eigenvalue weighted by molar-refractivity contribution is 5.87. The minimum atomic E-state index is -0.321. The molecule has 0 bridgehead atoms. The van der Waals surface area contributed by atoms with E-state index in [9.17, 15) is 9.59 Å². The van der Waals surface area contributed by atoms with Crippen LogP contribution in [0.1, 0.15) is 38.2 Å². The van der Waals surface area contributed by atoms with Gasteiger partial charge in [0.25, 0.3) is 0 Å². The van der Waals surface area contributed by atoms with Gasteiger partial charge in [-0.3, -0.25) is 14.7 Å². The van der Waals surface area contributed by atoms with Crippen LogP contribution in [-0.2, 0) is 15.1 Å². The van der Waals surface area contributed by atoms with Gasteiger partial charge in [-0.25, -0.2) is 9.79 Å². The maximum atomic E-state index is 13.5. The molecule has 9 nitrogen and oxygen atoms in total. The lowest BCUT2D eigenvalue weighted by molar-refractivity contribution is -0.120. The van der Waals surface area contributed by atoms with Crippen LogP contribution in [0.4, 0.5) is 4.79 Å². The van der Waals surface area contributed by atoms with E-state index in [-0.39, 0.29) is 29.6 Å². The summed E-state index contributed by atoms with van der Waals surface area (Å²) in [4.78, 5) is 39.7. The molecule has 1 saturated carbocycles. The van der Waals surface area contributed by atoms with Crippen LogP contribution >= 0.6 is 0 Å². The molecule has 1 N–H and O–H groups in total. The molecule has 3 amide bonds. The molecular formula is C26H38N6O3. The third kappa shape index (κ3) is 5.62. The van der Waals surface area contributed by atoms with Gasteiger partial charge in [-0.15, -0.1) is 0 Å². The monoisotopic (exact) mass is 482 g/mol. The van der Waals surface area contributed by atoms with Crippen LogP contribution in [0.15, 0.2) is 52.2 Å².